The zero-order valence-electron chi connectivity index (χ0n) is 11.3. The van der Waals surface area contributed by atoms with Crippen LogP contribution in [0.2, 0.25) is 0 Å². The molecule has 1 N–H and O–H groups in total. The highest BCUT2D eigenvalue weighted by molar-refractivity contribution is 7.98. The van der Waals surface area contributed by atoms with E-state index in [1.54, 1.807) is 0 Å². The van der Waals surface area contributed by atoms with Crippen molar-refractivity contribution >= 4 is 11.8 Å². The molecule has 0 heterocycles. The fraction of sp³-hybridized carbons (Fsp3) is 1.00. The summed E-state index contributed by atoms with van der Waals surface area (Å²) < 4.78 is 0. The lowest BCUT2D eigenvalue weighted by molar-refractivity contribution is 0.185. The first-order chi connectivity index (χ1) is 7.83. The van der Waals surface area contributed by atoms with Gasteiger partial charge in [-0.1, -0.05) is 39.5 Å². The van der Waals surface area contributed by atoms with Crippen LogP contribution < -0.4 is 5.32 Å². The second-order valence-corrected chi connectivity index (χ2v) is 6.04. The molecule has 2 heteroatoms. The van der Waals surface area contributed by atoms with E-state index in [0.29, 0.717) is 0 Å². The van der Waals surface area contributed by atoms with Crippen LogP contribution in [0.3, 0.4) is 0 Å². The van der Waals surface area contributed by atoms with Gasteiger partial charge in [-0.25, -0.2) is 0 Å². The summed E-state index contributed by atoms with van der Waals surface area (Å²) in [6.07, 6.45) is 10.7. The summed E-state index contributed by atoms with van der Waals surface area (Å²) in [7, 11) is 0. The Balaban J connectivity index is 2.51. The van der Waals surface area contributed by atoms with Gasteiger partial charge in [-0.15, -0.1) is 0 Å². The molecule has 0 saturated heterocycles. The summed E-state index contributed by atoms with van der Waals surface area (Å²) in [4.78, 5) is 0. The van der Waals surface area contributed by atoms with Crippen molar-refractivity contribution in [3.63, 3.8) is 0 Å². The van der Waals surface area contributed by atoms with Gasteiger partial charge in [-0.2, -0.15) is 11.8 Å². The molecule has 0 amide bonds. The maximum atomic E-state index is 3.78. The Labute approximate surface area is 106 Å². The summed E-state index contributed by atoms with van der Waals surface area (Å²) in [5.41, 5.74) is 0. The SMILES string of the molecule is CCCNC(CSC)C1CCCCC1CC. The van der Waals surface area contributed by atoms with Gasteiger partial charge in [0.05, 0.1) is 0 Å². The molecular formula is C14H29NS. The number of hydrogen-bond acceptors (Lipinski definition) is 2. The molecule has 1 saturated carbocycles. The first-order valence-electron chi connectivity index (χ1n) is 7.05. The van der Waals surface area contributed by atoms with Gasteiger partial charge in [0.25, 0.3) is 0 Å². The zero-order valence-corrected chi connectivity index (χ0v) is 12.1. The number of rotatable bonds is 7. The number of hydrogen-bond donors (Lipinski definition) is 1. The van der Waals surface area contributed by atoms with Gasteiger partial charge in [0.15, 0.2) is 0 Å². The van der Waals surface area contributed by atoms with E-state index >= 15 is 0 Å². The fourth-order valence-corrected chi connectivity index (χ4v) is 3.84. The molecule has 0 spiro atoms. The first-order valence-corrected chi connectivity index (χ1v) is 8.45. The Morgan fingerprint density at radius 3 is 2.62 bits per heavy atom. The molecule has 0 aromatic heterocycles. The first kappa shape index (κ1) is 14.4. The van der Waals surface area contributed by atoms with Gasteiger partial charge in [-0.05, 0) is 37.5 Å². The van der Waals surface area contributed by atoms with Crippen LogP contribution in [0.4, 0.5) is 0 Å². The molecule has 16 heavy (non-hydrogen) atoms. The topological polar surface area (TPSA) is 12.0 Å². The Morgan fingerprint density at radius 1 is 1.25 bits per heavy atom. The van der Waals surface area contributed by atoms with E-state index < -0.39 is 0 Å². The molecule has 1 aliphatic carbocycles. The van der Waals surface area contributed by atoms with E-state index in [9.17, 15) is 0 Å². The van der Waals surface area contributed by atoms with Gasteiger partial charge < -0.3 is 5.32 Å². The third kappa shape index (κ3) is 4.29. The van der Waals surface area contributed by atoms with Crippen LogP contribution in [0.25, 0.3) is 0 Å². The predicted molar refractivity (Wildman–Crippen MR) is 76.2 cm³/mol. The molecule has 1 nitrogen and oxygen atoms in total. The van der Waals surface area contributed by atoms with Gasteiger partial charge in [0, 0.05) is 11.8 Å². The lowest BCUT2D eigenvalue weighted by Gasteiger charge is -2.37. The largest absolute Gasteiger partial charge is 0.313 e. The minimum absolute atomic E-state index is 0.764. The highest BCUT2D eigenvalue weighted by Gasteiger charge is 2.29. The number of nitrogens with one attached hydrogen (secondary N) is 1. The predicted octanol–water partition coefficient (Wildman–Crippen LogP) is 3.93. The molecule has 0 radical (unpaired) electrons. The van der Waals surface area contributed by atoms with E-state index in [-0.39, 0.29) is 0 Å². The summed E-state index contributed by atoms with van der Waals surface area (Å²) in [5.74, 6) is 3.22. The van der Waals surface area contributed by atoms with Crippen LogP contribution in [-0.2, 0) is 0 Å². The van der Waals surface area contributed by atoms with E-state index in [1.165, 1.54) is 50.8 Å². The minimum Gasteiger partial charge on any atom is -0.313 e. The maximum Gasteiger partial charge on any atom is 0.0188 e. The molecule has 1 aliphatic rings. The van der Waals surface area contributed by atoms with Gasteiger partial charge >= 0.3 is 0 Å². The normalized spacial score (nSPS) is 27.9. The smallest absolute Gasteiger partial charge is 0.0188 e. The van der Waals surface area contributed by atoms with Crippen molar-refractivity contribution in [1.82, 2.24) is 5.32 Å². The van der Waals surface area contributed by atoms with E-state index in [1.807, 2.05) is 11.8 Å². The van der Waals surface area contributed by atoms with E-state index in [2.05, 4.69) is 25.4 Å². The highest BCUT2D eigenvalue weighted by Crippen LogP contribution is 2.35. The van der Waals surface area contributed by atoms with Crippen molar-refractivity contribution in [3.05, 3.63) is 0 Å². The van der Waals surface area contributed by atoms with E-state index in [0.717, 1.165) is 17.9 Å². The average molecular weight is 243 g/mol. The monoisotopic (exact) mass is 243 g/mol. The van der Waals surface area contributed by atoms with Crippen LogP contribution >= 0.6 is 11.8 Å². The zero-order chi connectivity index (χ0) is 11.8. The van der Waals surface area contributed by atoms with Crippen molar-refractivity contribution in [1.29, 1.82) is 0 Å². The van der Waals surface area contributed by atoms with Crippen LogP contribution in [0, 0.1) is 11.8 Å². The summed E-state index contributed by atoms with van der Waals surface area (Å²) in [5, 5.41) is 3.78. The molecule has 0 bridgehead atoms. The molecule has 0 aliphatic heterocycles. The van der Waals surface area contributed by atoms with Crippen molar-refractivity contribution in [2.75, 3.05) is 18.6 Å². The lowest BCUT2D eigenvalue weighted by atomic mass is 9.74. The van der Waals surface area contributed by atoms with Crippen LogP contribution in [-0.4, -0.2) is 24.6 Å². The van der Waals surface area contributed by atoms with Gasteiger partial charge in [0.1, 0.15) is 0 Å². The second kappa shape index (κ2) is 8.41. The van der Waals surface area contributed by atoms with Crippen molar-refractivity contribution in [3.8, 4) is 0 Å². The fourth-order valence-electron chi connectivity index (χ4n) is 3.12. The van der Waals surface area contributed by atoms with Crippen LogP contribution in [0.15, 0.2) is 0 Å². The third-order valence-corrected chi connectivity index (χ3v) is 4.70. The van der Waals surface area contributed by atoms with E-state index in [4.69, 9.17) is 0 Å². The van der Waals surface area contributed by atoms with Crippen LogP contribution in [0.5, 0.6) is 0 Å². The Morgan fingerprint density at radius 2 is 2.00 bits per heavy atom. The lowest BCUT2D eigenvalue weighted by Crippen LogP contribution is -2.43. The van der Waals surface area contributed by atoms with Crippen molar-refractivity contribution in [2.24, 2.45) is 11.8 Å². The van der Waals surface area contributed by atoms with Crippen LogP contribution in [0.1, 0.15) is 52.4 Å². The third-order valence-electron chi connectivity index (χ3n) is 4.01. The molecule has 1 fully saturated rings. The minimum atomic E-state index is 0.764. The maximum absolute atomic E-state index is 3.78. The van der Waals surface area contributed by atoms with Crippen molar-refractivity contribution in [2.45, 2.75) is 58.4 Å². The Bertz CT molecular complexity index is 172. The van der Waals surface area contributed by atoms with Gasteiger partial charge in [-0.3, -0.25) is 0 Å². The summed E-state index contributed by atoms with van der Waals surface area (Å²) in [6, 6.07) is 0.764. The van der Waals surface area contributed by atoms with Gasteiger partial charge in [0.2, 0.25) is 0 Å². The molecule has 3 unspecified atom stereocenters. The van der Waals surface area contributed by atoms with Crippen molar-refractivity contribution < 1.29 is 0 Å². The molecule has 0 aromatic rings. The number of thioether (sulfide) groups is 1. The Kier molecular flexibility index (Phi) is 7.55. The quantitative estimate of drug-likeness (QED) is 0.727. The summed E-state index contributed by atoms with van der Waals surface area (Å²) in [6.45, 7) is 5.83. The molecule has 96 valence electrons. The highest BCUT2D eigenvalue weighted by atomic mass is 32.2. The summed E-state index contributed by atoms with van der Waals surface area (Å²) >= 11 is 2.00. The standard InChI is InChI=1S/C14H29NS/c1-4-10-15-14(11-16-3)13-9-7-6-8-12(13)5-2/h12-15H,4-11H2,1-3H3. The molecular weight excluding hydrogens is 214 g/mol. The Hall–Kier alpha value is 0.310. The molecule has 3 atom stereocenters. The molecule has 0 aromatic carbocycles. The average Bonchev–Trinajstić information content (AvgIpc) is 2.34. The molecule has 1 rings (SSSR count). The second-order valence-electron chi connectivity index (χ2n) is 5.13.